The molecule has 1 rings (SSSR count). The minimum absolute atomic E-state index is 0. The van der Waals surface area contributed by atoms with Crippen LogP contribution >= 0.6 is 12.4 Å². The van der Waals surface area contributed by atoms with Gasteiger partial charge in [0.25, 0.3) is 0 Å². The maximum Gasteiger partial charge on any atom is 0.325 e. The summed E-state index contributed by atoms with van der Waals surface area (Å²) in [5, 5.41) is 8.60. The second kappa shape index (κ2) is 4.93. The second-order valence-corrected chi connectivity index (χ2v) is 2.82. The minimum Gasteiger partial charge on any atom is -0.480 e. The number of hydrogen-bond acceptors (Lipinski definition) is 2. The van der Waals surface area contributed by atoms with Crippen LogP contribution in [0.5, 0.6) is 0 Å². The van der Waals surface area contributed by atoms with Crippen LogP contribution in [0.3, 0.4) is 0 Å². The van der Waals surface area contributed by atoms with E-state index in [-0.39, 0.29) is 12.4 Å². The molecule has 1 atom stereocenters. The molecule has 0 aromatic heterocycles. The molecule has 1 unspecified atom stereocenters. The number of rotatable bonds is 2. The number of aliphatic carboxylic acids is 1. The molecule has 1 aromatic carbocycles. The molecule has 78 valence electrons. The van der Waals surface area contributed by atoms with Crippen molar-refractivity contribution in [2.24, 2.45) is 5.73 Å². The fourth-order valence-corrected chi connectivity index (χ4v) is 1.08. The summed E-state index contributed by atoms with van der Waals surface area (Å²) < 4.78 is 12.7. The van der Waals surface area contributed by atoms with Crippen LogP contribution in [0.2, 0.25) is 0 Å². The lowest BCUT2D eigenvalue weighted by molar-refractivity contribution is -0.138. The van der Waals surface area contributed by atoms with Crippen molar-refractivity contribution in [1.29, 1.82) is 0 Å². The SMILES string of the molecule is Cc1ccc(F)cc1C(N)C(=O)O.Cl. The predicted molar refractivity (Wildman–Crippen MR) is 52.9 cm³/mol. The van der Waals surface area contributed by atoms with E-state index in [1.165, 1.54) is 12.1 Å². The Morgan fingerprint density at radius 1 is 1.57 bits per heavy atom. The molecule has 1 aromatic rings. The van der Waals surface area contributed by atoms with E-state index in [0.29, 0.717) is 11.1 Å². The van der Waals surface area contributed by atoms with Crippen LogP contribution in [0.15, 0.2) is 18.2 Å². The van der Waals surface area contributed by atoms with Gasteiger partial charge in [-0.2, -0.15) is 0 Å². The number of aryl methyl sites for hydroxylation is 1. The molecular weight excluding hydrogens is 209 g/mol. The average Bonchev–Trinajstić information content (AvgIpc) is 2.08. The van der Waals surface area contributed by atoms with Crippen molar-refractivity contribution in [3.63, 3.8) is 0 Å². The molecule has 0 saturated heterocycles. The number of carbonyl (C=O) groups is 1. The first kappa shape index (κ1) is 12.9. The molecule has 0 spiro atoms. The van der Waals surface area contributed by atoms with Gasteiger partial charge in [-0.15, -0.1) is 12.4 Å². The summed E-state index contributed by atoms with van der Waals surface area (Å²) in [7, 11) is 0. The van der Waals surface area contributed by atoms with Crippen LogP contribution < -0.4 is 5.73 Å². The molecule has 3 N–H and O–H groups in total. The maximum atomic E-state index is 12.7. The number of halogens is 2. The molecule has 0 bridgehead atoms. The number of benzene rings is 1. The van der Waals surface area contributed by atoms with Gasteiger partial charge in [0.05, 0.1) is 0 Å². The van der Waals surface area contributed by atoms with Crippen LogP contribution in [0.4, 0.5) is 4.39 Å². The van der Waals surface area contributed by atoms with E-state index in [1.807, 2.05) is 0 Å². The highest BCUT2D eigenvalue weighted by Gasteiger charge is 2.16. The van der Waals surface area contributed by atoms with Crippen LogP contribution in [0.1, 0.15) is 17.2 Å². The quantitative estimate of drug-likeness (QED) is 0.795. The molecule has 0 amide bonds. The van der Waals surface area contributed by atoms with Crippen molar-refractivity contribution in [2.45, 2.75) is 13.0 Å². The van der Waals surface area contributed by atoms with E-state index in [1.54, 1.807) is 6.92 Å². The monoisotopic (exact) mass is 219 g/mol. The Kier molecular flexibility index (Phi) is 4.53. The number of carboxylic acids is 1. The lowest BCUT2D eigenvalue weighted by atomic mass is 10.0. The maximum absolute atomic E-state index is 12.7. The number of nitrogens with two attached hydrogens (primary N) is 1. The Hall–Kier alpha value is -1.13. The van der Waals surface area contributed by atoms with Crippen molar-refractivity contribution < 1.29 is 14.3 Å². The van der Waals surface area contributed by atoms with Crippen molar-refractivity contribution in [2.75, 3.05) is 0 Å². The summed E-state index contributed by atoms with van der Waals surface area (Å²) >= 11 is 0. The van der Waals surface area contributed by atoms with Gasteiger partial charge in [-0.25, -0.2) is 4.39 Å². The van der Waals surface area contributed by atoms with Crippen LogP contribution in [-0.2, 0) is 4.79 Å². The van der Waals surface area contributed by atoms with Crippen molar-refractivity contribution in [3.8, 4) is 0 Å². The van der Waals surface area contributed by atoms with Gasteiger partial charge in [-0.05, 0) is 30.2 Å². The van der Waals surface area contributed by atoms with E-state index < -0.39 is 17.8 Å². The Morgan fingerprint density at radius 2 is 2.14 bits per heavy atom. The van der Waals surface area contributed by atoms with Gasteiger partial charge >= 0.3 is 5.97 Å². The summed E-state index contributed by atoms with van der Waals surface area (Å²) in [6, 6.07) is 2.77. The zero-order valence-corrected chi connectivity index (χ0v) is 8.34. The fourth-order valence-electron chi connectivity index (χ4n) is 1.08. The van der Waals surface area contributed by atoms with Gasteiger partial charge < -0.3 is 10.8 Å². The molecule has 0 aliphatic heterocycles. The number of carboxylic acid groups (broad SMARTS) is 1. The van der Waals surface area contributed by atoms with Crippen molar-refractivity contribution in [3.05, 3.63) is 35.1 Å². The van der Waals surface area contributed by atoms with Crippen molar-refractivity contribution >= 4 is 18.4 Å². The van der Waals surface area contributed by atoms with Gasteiger partial charge in [-0.3, -0.25) is 4.79 Å². The first-order chi connectivity index (χ1) is 6.02. The molecule has 14 heavy (non-hydrogen) atoms. The third-order valence-corrected chi connectivity index (χ3v) is 1.84. The highest BCUT2D eigenvalue weighted by Crippen LogP contribution is 2.16. The molecule has 3 nitrogen and oxygen atoms in total. The number of hydrogen-bond donors (Lipinski definition) is 2. The van der Waals surface area contributed by atoms with Gasteiger partial charge in [0.2, 0.25) is 0 Å². The standard InChI is InChI=1S/C9H10FNO2.ClH/c1-5-2-3-6(10)4-7(5)8(11)9(12)13;/h2-4,8H,11H2,1H3,(H,12,13);1H. The summed E-state index contributed by atoms with van der Waals surface area (Å²) in [5.74, 6) is -1.63. The van der Waals surface area contributed by atoms with Crippen LogP contribution in [0, 0.1) is 12.7 Å². The highest BCUT2D eigenvalue weighted by molar-refractivity contribution is 5.85. The Balaban J connectivity index is 0.00000169. The van der Waals surface area contributed by atoms with Gasteiger partial charge in [-0.1, -0.05) is 6.07 Å². The first-order valence-electron chi connectivity index (χ1n) is 3.77. The van der Waals surface area contributed by atoms with Crippen LogP contribution in [0.25, 0.3) is 0 Å². The van der Waals surface area contributed by atoms with Gasteiger partial charge in [0, 0.05) is 0 Å². The lowest BCUT2D eigenvalue weighted by Gasteiger charge is -2.09. The molecule has 0 aliphatic carbocycles. The van der Waals surface area contributed by atoms with E-state index in [0.717, 1.165) is 6.07 Å². The molecule has 5 heteroatoms. The average molecular weight is 220 g/mol. The third-order valence-electron chi connectivity index (χ3n) is 1.84. The Bertz CT molecular complexity index is 344. The van der Waals surface area contributed by atoms with E-state index in [9.17, 15) is 9.18 Å². The van der Waals surface area contributed by atoms with E-state index in [4.69, 9.17) is 10.8 Å². The summed E-state index contributed by atoms with van der Waals surface area (Å²) in [5.41, 5.74) is 6.33. The lowest BCUT2D eigenvalue weighted by Crippen LogP contribution is -2.21. The van der Waals surface area contributed by atoms with Gasteiger partial charge in [0.15, 0.2) is 0 Å². The van der Waals surface area contributed by atoms with Gasteiger partial charge in [0.1, 0.15) is 11.9 Å². The molecular formula is C9H11ClFNO2. The molecule has 0 saturated carbocycles. The summed E-state index contributed by atoms with van der Waals surface area (Å²) in [6.45, 7) is 1.69. The fraction of sp³-hybridized carbons (Fsp3) is 0.222. The molecule has 0 aliphatic rings. The summed E-state index contributed by atoms with van der Waals surface area (Å²) in [4.78, 5) is 10.5. The minimum atomic E-state index is -1.16. The van der Waals surface area contributed by atoms with Crippen LogP contribution in [-0.4, -0.2) is 11.1 Å². The Labute approximate surface area is 87.1 Å². The zero-order chi connectivity index (χ0) is 10.0. The van der Waals surface area contributed by atoms with E-state index >= 15 is 0 Å². The smallest absolute Gasteiger partial charge is 0.325 e. The Morgan fingerprint density at radius 3 is 2.64 bits per heavy atom. The molecule has 0 heterocycles. The summed E-state index contributed by atoms with van der Waals surface area (Å²) in [6.07, 6.45) is 0. The normalized spacial score (nSPS) is 11.6. The largest absolute Gasteiger partial charge is 0.480 e. The van der Waals surface area contributed by atoms with Crippen molar-refractivity contribution in [1.82, 2.24) is 0 Å². The third kappa shape index (κ3) is 2.68. The molecule has 0 fully saturated rings. The predicted octanol–water partition coefficient (Wildman–Crippen LogP) is 1.64. The second-order valence-electron chi connectivity index (χ2n) is 2.82. The van der Waals surface area contributed by atoms with E-state index in [2.05, 4.69) is 0 Å². The topological polar surface area (TPSA) is 63.3 Å². The zero-order valence-electron chi connectivity index (χ0n) is 7.53. The first-order valence-corrected chi connectivity index (χ1v) is 3.77. The highest BCUT2D eigenvalue weighted by atomic mass is 35.5. The molecule has 0 radical (unpaired) electrons.